The smallest absolute Gasteiger partial charge is 0.123 e. The lowest BCUT2D eigenvalue weighted by Gasteiger charge is -2.08. The van der Waals surface area contributed by atoms with E-state index in [9.17, 15) is 4.39 Å². The Labute approximate surface area is 71.7 Å². The van der Waals surface area contributed by atoms with Gasteiger partial charge in [0.25, 0.3) is 0 Å². The van der Waals surface area contributed by atoms with Crippen LogP contribution in [0.2, 0.25) is 0 Å². The molecule has 0 fully saturated rings. The lowest BCUT2D eigenvalue weighted by Crippen LogP contribution is -2.08. The zero-order valence-corrected chi connectivity index (χ0v) is 6.83. The Hall–Kier alpha value is -1.15. The third kappa shape index (κ3) is 2.17. The number of rotatable bonds is 3. The second-order valence-electron chi connectivity index (χ2n) is 2.68. The van der Waals surface area contributed by atoms with Crippen LogP contribution in [-0.4, -0.2) is 0 Å². The topological polar surface area (TPSA) is 26.0 Å². The van der Waals surface area contributed by atoms with Crippen molar-refractivity contribution in [2.45, 2.75) is 12.5 Å². The quantitative estimate of drug-likeness (QED) is 0.684. The second kappa shape index (κ2) is 4.02. The molecule has 64 valence electrons. The van der Waals surface area contributed by atoms with Gasteiger partial charge in [0.05, 0.1) is 0 Å². The summed E-state index contributed by atoms with van der Waals surface area (Å²) >= 11 is 0. The summed E-state index contributed by atoms with van der Waals surface area (Å²) in [5.74, 6) is -0.232. The van der Waals surface area contributed by atoms with Crippen molar-refractivity contribution in [2.75, 3.05) is 0 Å². The van der Waals surface area contributed by atoms with Gasteiger partial charge in [-0.15, -0.1) is 6.58 Å². The van der Waals surface area contributed by atoms with Crippen LogP contribution in [0, 0.1) is 5.82 Å². The zero-order valence-electron chi connectivity index (χ0n) is 6.83. The number of nitrogens with two attached hydrogens (primary N) is 1. The molecule has 0 spiro atoms. The maximum Gasteiger partial charge on any atom is 0.123 e. The molecule has 0 aliphatic carbocycles. The number of benzene rings is 1. The number of hydrogen-bond donors (Lipinski definition) is 1. The van der Waals surface area contributed by atoms with Gasteiger partial charge in [-0.05, 0) is 24.1 Å². The molecule has 1 aromatic rings. The van der Waals surface area contributed by atoms with Gasteiger partial charge in [-0.2, -0.15) is 0 Å². The van der Waals surface area contributed by atoms with Crippen molar-refractivity contribution in [1.82, 2.24) is 0 Å². The molecular formula is C10H12FN. The molecular weight excluding hydrogens is 153 g/mol. The molecule has 0 aromatic heterocycles. The SMILES string of the molecule is C=CC[C@@H](N)c1ccc(F)cc1. The Morgan fingerprint density at radius 3 is 2.50 bits per heavy atom. The third-order valence-corrected chi connectivity index (χ3v) is 1.72. The highest BCUT2D eigenvalue weighted by Crippen LogP contribution is 2.14. The van der Waals surface area contributed by atoms with Gasteiger partial charge in [0.1, 0.15) is 5.82 Å². The van der Waals surface area contributed by atoms with E-state index in [1.165, 1.54) is 12.1 Å². The van der Waals surface area contributed by atoms with E-state index in [-0.39, 0.29) is 11.9 Å². The predicted octanol–water partition coefficient (Wildman–Crippen LogP) is 2.40. The lowest BCUT2D eigenvalue weighted by atomic mass is 10.1. The van der Waals surface area contributed by atoms with Crippen molar-refractivity contribution in [2.24, 2.45) is 5.73 Å². The lowest BCUT2D eigenvalue weighted by molar-refractivity contribution is 0.625. The molecule has 1 aromatic carbocycles. The van der Waals surface area contributed by atoms with Crippen molar-refractivity contribution in [3.8, 4) is 0 Å². The molecule has 0 aliphatic heterocycles. The second-order valence-corrected chi connectivity index (χ2v) is 2.68. The monoisotopic (exact) mass is 165 g/mol. The van der Waals surface area contributed by atoms with E-state index in [0.29, 0.717) is 6.42 Å². The van der Waals surface area contributed by atoms with Gasteiger partial charge in [0, 0.05) is 6.04 Å². The fourth-order valence-corrected chi connectivity index (χ4v) is 1.03. The predicted molar refractivity (Wildman–Crippen MR) is 48.1 cm³/mol. The van der Waals surface area contributed by atoms with Crippen LogP contribution >= 0.6 is 0 Å². The molecule has 0 bridgehead atoms. The first-order chi connectivity index (χ1) is 5.74. The standard InChI is InChI=1S/C10H12FN/c1-2-3-10(12)8-4-6-9(11)7-5-8/h2,4-7,10H,1,3,12H2/t10-/m1/s1. The van der Waals surface area contributed by atoms with Crippen LogP contribution in [0.4, 0.5) is 4.39 Å². The van der Waals surface area contributed by atoms with Gasteiger partial charge in [0.2, 0.25) is 0 Å². The van der Waals surface area contributed by atoms with Crippen molar-refractivity contribution >= 4 is 0 Å². The minimum atomic E-state index is -0.232. The van der Waals surface area contributed by atoms with E-state index in [4.69, 9.17) is 5.73 Å². The fraction of sp³-hybridized carbons (Fsp3) is 0.200. The van der Waals surface area contributed by atoms with Crippen LogP contribution in [-0.2, 0) is 0 Å². The molecule has 2 N–H and O–H groups in total. The van der Waals surface area contributed by atoms with Crippen LogP contribution in [0.5, 0.6) is 0 Å². The van der Waals surface area contributed by atoms with Crippen molar-refractivity contribution in [1.29, 1.82) is 0 Å². The summed E-state index contributed by atoms with van der Waals surface area (Å²) < 4.78 is 12.5. The van der Waals surface area contributed by atoms with Gasteiger partial charge < -0.3 is 5.73 Å². The molecule has 0 saturated carbocycles. The summed E-state index contributed by atoms with van der Waals surface area (Å²) in [7, 11) is 0. The summed E-state index contributed by atoms with van der Waals surface area (Å²) in [5.41, 5.74) is 6.70. The van der Waals surface area contributed by atoms with Gasteiger partial charge in [-0.1, -0.05) is 18.2 Å². The molecule has 2 heteroatoms. The summed E-state index contributed by atoms with van der Waals surface area (Å²) in [4.78, 5) is 0. The molecule has 1 nitrogen and oxygen atoms in total. The Balaban J connectivity index is 2.74. The van der Waals surface area contributed by atoms with Crippen LogP contribution in [0.15, 0.2) is 36.9 Å². The van der Waals surface area contributed by atoms with Gasteiger partial charge in [-0.3, -0.25) is 0 Å². The van der Waals surface area contributed by atoms with Crippen molar-refractivity contribution in [3.05, 3.63) is 48.3 Å². The molecule has 0 heterocycles. The molecule has 0 amide bonds. The molecule has 0 saturated heterocycles. The molecule has 1 rings (SSSR count). The number of halogens is 1. The first kappa shape index (κ1) is 8.94. The largest absolute Gasteiger partial charge is 0.324 e. The van der Waals surface area contributed by atoms with Gasteiger partial charge in [0.15, 0.2) is 0 Å². The van der Waals surface area contributed by atoms with Crippen LogP contribution in [0.3, 0.4) is 0 Å². The van der Waals surface area contributed by atoms with E-state index < -0.39 is 0 Å². The molecule has 0 aliphatic rings. The van der Waals surface area contributed by atoms with Gasteiger partial charge >= 0.3 is 0 Å². The van der Waals surface area contributed by atoms with E-state index in [0.717, 1.165) is 5.56 Å². The van der Waals surface area contributed by atoms with Crippen LogP contribution in [0.1, 0.15) is 18.0 Å². The van der Waals surface area contributed by atoms with E-state index >= 15 is 0 Å². The Morgan fingerprint density at radius 1 is 1.42 bits per heavy atom. The summed E-state index contributed by atoms with van der Waals surface area (Å²) in [6.45, 7) is 3.59. The average molecular weight is 165 g/mol. The van der Waals surface area contributed by atoms with E-state index in [1.54, 1.807) is 18.2 Å². The molecule has 12 heavy (non-hydrogen) atoms. The highest BCUT2D eigenvalue weighted by molar-refractivity contribution is 5.19. The van der Waals surface area contributed by atoms with E-state index in [2.05, 4.69) is 6.58 Å². The minimum absolute atomic E-state index is 0.0666. The Bertz CT molecular complexity index is 253. The van der Waals surface area contributed by atoms with E-state index in [1.807, 2.05) is 0 Å². The van der Waals surface area contributed by atoms with Crippen LogP contribution in [0.25, 0.3) is 0 Å². The summed E-state index contributed by atoms with van der Waals surface area (Å²) in [6.07, 6.45) is 2.47. The minimum Gasteiger partial charge on any atom is -0.324 e. The number of hydrogen-bond acceptors (Lipinski definition) is 1. The van der Waals surface area contributed by atoms with Crippen LogP contribution < -0.4 is 5.73 Å². The Kier molecular flexibility index (Phi) is 3.00. The maximum atomic E-state index is 12.5. The summed E-state index contributed by atoms with van der Waals surface area (Å²) in [5, 5.41) is 0. The highest BCUT2D eigenvalue weighted by Gasteiger charge is 2.02. The Morgan fingerprint density at radius 2 is 2.00 bits per heavy atom. The first-order valence-electron chi connectivity index (χ1n) is 3.86. The summed E-state index contributed by atoms with van der Waals surface area (Å²) in [6, 6.07) is 6.16. The average Bonchev–Trinajstić information content (AvgIpc) is 2.06. The molecule has 0 radical (unpaired) electrons. The first-order valence-corrected chi connectivity index (χ1v) is 3.86. The highest BCUT2D eigenvalue weighted by atomic mass is 19.1. The fourth-order valence-electron chi connectivity index (χ4n) is 1.03. The maximum absolute atomic E-state index is 12.5. The molecule has 0 unspecified atom stereocenters. The van der Waals surface area contributed by atoms with Crippen molar-refractivity contribution < 1.29 is 4.39 Å². The third-order valence-electron chi connectivity index (χ3n) is 1.72. The van der Waals surface area contributed by atoms with Crippen molar-refractivity contribution in [3.63, 3.8) is 0 Å². The van der Waals surface area contributed by atoms with Gasteiger partial charge in [-0.25, -0.2) is 4.39 Å². The normalized spacial score (nSPS) is 12.5. The zero-order chi connectivity index (χ0) is 8.97. The molecule has 1 atom stereocenters.